The lowest BCUT2D eigenvalue weighted by Gasteiger charge is -2.32. The minimum atomic E-state index is -1.32. The predicted octanol–water partition coefficient (Wildman–Crippen LogP) is 6.38. The van der Waals surface area contributed by atoms with Crippen LogP contribution in [0.5, 0.6) is 0 Å². The molecule has 0 amide bonds. The molecule has 5 heteroatoms. The second kappa shape index (κ2) is 8.27. The average molecular weight is 424 g/mol. The molecule has 2 aromatic rings. The molecule has 2 aliphatic rings. The summed E-state index contributed by atoms with van der Waals surface area (Å²) in [5.41, 5.74) is 4.99. The first-order valence-corrected chi connectivity index (χ1v) is 11.3. The summed E-state index contributed by atoms with van der Waals surface area (Å²) in [6, 6.07) is 6.05. The predicted molar refractivity (Wildman–Crippen MR) is 126 cm³/mol. The molecule has 1 saturated heterocycles. The van der Waals surface area contributed by atoms with Crippen LogP contribution in [0.15, 0.2) is 48.3 Å². The van der Waals surface area contributed by atoms with Crippen LogP contribution in [0.1, 0.15) is 70.3 Å². The number of hydrogen-bond acceptors (Lipinski definition) is 3. The SMILES string of the molecule is C=C1C(C)=CC(c2ccc3nc(C4CCOCC4)n([C@H](C)C(C)(F)CC)c3c2)=CN1C. The first-order valence-electron chi connectivity index (χ1n) is 11.3. The zero-order chi connectivity index (χ0) is 22.3. The number of likely N-dealkylation sites (N-methyl/N-ethyl adjacent to an activating group) is 1. The average Bonchev–Trinajstić information content (AvgIpc) is 3.15. The normalized spacial score (nSPS) is 21.1. The van der Waals surface area contributed by atoms with E-state index in [2.05, 4.69) is 53.4 Å². The van der Waals surface area contributed by atoms with Gasteiger partial charge in [0, 0.05) is 38.1 Å². The molecule has 166 valence electrons. The number of halogens is 1. The number of ether oxygens (including phenoxy) is 1. The van der Waals surface area contributed by atoms with Crippen molar-refractivity contribution < 1.29 is 9.13 Å². The summed E-state index contributed by atoms with van der Waals surface area (Å²) in [6.45, 7) is 13.3. The van der Waals surface area contributed by atoms with Gasteiger partial charge >= 0.3 is 0 Å². The van der Waals surface area contributed by atoms with E-state index < -0.39 is 5.67 Å². The Morgan fingerprint density at radius 3 is 2.68 bits per heavy atom. The van der Waals surface area contributed by atoms with Crippen LogP contribution in [0.2, 0.25) is 0 Å². The van der Waals surface area contributed by atoms with Gasteiger partial charge in [-0.15, -0.1) is 0 Å². The van der Waals surface area contributed by atoms with E-state index in [0.717, 1.165) is 65.3 Å². The highest BCUT2D eigenvalue weighted by Crippen LogP contribution is 2.39. The Morgan fingerprint density at radius 1 is 1.32 bits per heavy atom. The smallest absolute Gasteiger partial charge is 0.128 e. The van der Waals surface area contributed by atoms with Gasteiger partial charge in [0.2, 0.25) is 0 Å². The summed E-state index contributed by atoms with van der Waals surface area (Å²) in [7, 11) is 2.02. The molecule has 1 fully saturated rings. The van der Waals surface area contributed by atoms with Crippen LogP contribution in [-0.4, -0.2) is 40.4 Å². The highest BCUT2D eigenvalue weighted by molar-refractivity contribution is 5.85. The standard InChI is InChI=1S/C26H34FN3O/c1-7-26(5,27)19(4)30-24-15-21(22-14-17(2)18(3)29(6)16-22)8-9-23(24)28-25(30)20-10-12-31-13-11-20/h8-9,14-16,19-20H,3,7,10-13H2,1-2,4-6H3/t19-,26?/m1/s1. The molecule has 2 aliphatic heterocycles. The number of alkyl halides is 1. The zero-order valence-electron chi connectivity index (χ0n) is 19.4. The van der Waals surface area contributed by atoms with Gasteiger partial charge in [-0.25, -0.2) is 9.37 Å². The molecular weight excluding hydrogens is 389 g/mol. The fourth-order valence-corrected chi connectivity index (χ4v) is 4.58. The van der Waals surface area contributed by atoms with E-state index in [-0.39, 0.29) is 6.04 Å². The van der Waals surface area contributed by atoms with Crippen molar-refractivity contribution in [3.8, 4) is 0 Å². The second-order valence-corrected chi connectivity index (χ2v) is 9.21. The first-order chi connectivity index (χ1) is 14.7. The molecule has 4 rings (SSSR count). The second-order valence-electron chi connectivity index (χ2n) is 9.21. The van der Waals surface area contributed by atoms with Crippen LogP contribution in [0.3, 0.4) is 0 Å². The topological polar surface area (TPSA) is 30.3 Å². The number of imidazole rings is 1. The monoisotopic (exact) mass is 423 g/mol. The number of rotatable bonds is 5. The summed E-state index contributed by atoms with van der Waals surface area (Å²) >= 11 is 0. The Morgan fingerprint density at radius 2 is 2.03 bits per heavy atom. The van der Waals surface area contributed by atoms with Gasteiger partial charge in [0.1, 0.15) is 11.5 Å². The third-order valence-corrected chi connectivity index (χ3v) is 7.17. The molecule has 31 heavy (non-hydrogen) atoms. The maximum atomic E-state index is 15.5. The van der Waals surface area contributed by atoms with Crippen LogP contribution in [0.4, 0.5) is 4.39 Å². The summed E-state index contributed by atoms with van der Waals surface area (Å²) in [5, 5.41) is 0. The molecule has 3 heterocycles. The van der Waals surface area contributed by atoms with Gasteiger partial charge in [0.15, 0.2) is 0 Å². The van der Waals surface area contributed by atoms with Crippen molar-refractivity contribution in [1.29, 1.82) is 0 Å². The van der Waals surface area contributed by atoms with E-state index in [1.165, 1.54) is 0 Å². The number of fused-ring (bicyclic) bond motifs is 1. The van der Waals surface area contributed by atoms with E-state index in [4.69, 9.17) is 9.72 Å². The zero-order valence-corrected chi connectivity index (χ0v) is 19.4. The van der Waals surface area contributed by atoms with Crippen molar-refractivity contribution in [2.75, 3.05) is 20.3 Å². The number of benzene rings is 1. The fourth-order valence-electron chi connectivity index (χ4n) is 4.58. The van der Waals surface area contributed by atoms with Crippen LogP contribution in [0, 0.1) is 0 Å². The summed E-state index contributed by atoms with van der Waals surface area (Å²) < 4.78 is 23.3. The maximum absolute atomic E-state index is 15.5. The van der Waals surface area contributed by atoms with Gasteiger partial charge < -0.3 is 14.2 Å². The maximum Gasteiger partial charge on any atom is 0.128 e. The van der Waals surface area contributed by atoms with E-state index in [0.29, 0.717) is 12.3 Å². The van der Waals surface area contributed by atoms with Gasteiger partial charge in [-0.3, -0.25) is 0 Å². The van der Waals surface area contributed by atoms with E-state index >= 15 is 4.39 Å². The van der Waals surface area contributed by atoms with Crippen molar-refractivity contribution in [1.82, 2.24) is 14.5 Å². The molecule has 4 nitrogen and oxygen atoms in total. The third kappa shape index (κ3) is 3.96. The van der Waals surface area contributed by atoms with Crippen molar-refractivity contribution in [2.24, 2.45) is 0 Å². The molecule has 2 atom stereocenters. The molecular formula is C26H34FN3O. The Kier molecular flexibility index (Phi) is 5.82. The molecule has 0 bridgehead atoms. The molecule has 0 N–H and O–H groups in total. The van der Waals surface area contributed by atoms with Gasteiger partial charge in [0.05, 0.1) is 17.1 Å². The van der Waals surface area contributed by atoms with Crippen LogP contribution < -0.4 is 0 Å². The van der Waals surface area contributed by atoms with Gasteiger partial charge in [-0.2, -0.15) is 0 Å². The summed E-state index contributed by atoms with van der Waals surface area (Å²) in [5.74, 6) is 1.29. The van der Waals surface area contributed by atoms with Gasteiger partial charge in [-0.1, -0.05) is 19.6 Å². The lowest BCUT2D eigenvalue weighted by Crippen LogP contribution is -2.31. The molecule has 0 aliphatic carbocycles. The van der Waals surface area contributed by atoms with Crippen molar-refractivity contribution >= 4 is 16.6 Å². The molecule has 1 aromatic heterocycles. The Labute approximate surface area is 185 Å². The Hall–Kier alpha value is -2.40. The molecule has 0 saturated carbocycles. The van der Waals surface area contributed by atoms with Crippen LogP contribution in [0.25, 0.3) is 16.6 Å². The van der Waals surface area contributed by atoms with E-state index in [1.54, 1.807) is 6.92 Å². The molecule has 0 radical (unpaired) electrons. The molecule has 1 aromatic carbocycles. The van der Waals surface area contributed by atoms with Crippen LogP contribution in [-0.2, 0) is 4.74 Å². The largest absolute Gasteiger partial charge is 0.381 e. The fraction of sp³-hybridized carbons (Fsp3) is 0.500. The van der Waals surface area contributed by atoms with Crippen molar-refractivity contribution in [2.45, 2.75) is 64.6 Å². The Bertz CT molecular complexity index is 1060. The van der Waals surface area contributed by atoms with Gasteiger partial charge in [-0.05, 0) is 75.0 Å². The highest BCUT2D eigenvalue weighted by atomic mass is 19.1. The lowest BCUT2D eigenvalue weighted by molar-refractivity contribution is 0.0784. The quantitative estimate of drug-likeness (QED) is 0.559. The molecule has 1 unspecified atom stereocenters. The number of hydrogen-bond donors (Lipinski definition) is 0. The molecule has 0 spiro atoms. The number of allylic oxidation sites excluding steroid dienone is 3. The van der Waals surface area contributed by atoms with Gasteiger partial charge in [0.25, 0.3) is 0 Å². The minimum Gasteiger partial charge on any atom is -0.381 e. The highest BCUT2D eigenvalue weighted by Gasteiger charge is 2.35. The van der Waals surface area contributed by atoms with Crippen molar-refractivity contribution in [3.63, 3.8) is 0 Å². The lowest BCUT2D eigenvalue weighted by atomic mass is 9.94. The van der Waals surface area contributed by atoms with E-state index in [1.807, 2.05) is 20.9 Å². The number of nitrogens with zero attached hydrogens (tertiary/aromatic N) is 3. The summed E-state index contributed by atoms with van der Waals surface area (Å²) in [4.78, 5) is 7.07. The van der Waals surface area contributed by atoms with Crippen LogP contribution >= 0.6 is 0 Å². The third-order valence-electron chi connectivity index (χ3n) is 7.17. The van der Waals surface area contributed by atoms with E-state index in [9.17, 15) is 0 Å². The van der Waals surface area contributed by atoms with Crippen molar-refractivity contribution in [3.05, 3.63) is 59.7 Å². The first kappa shape index (κ1) is 21.8. The number of aromatic nitrogens is 2. The minimum absolute atomic E-state index is 0.296. The Balaban J connectivity index is 1.87. The summed E-state index contributed by atoms with van der Waals surface area (Å²) in [6.07, 6.45) is 6.58.